The molecule has 0 atom stereocenters. The summed E-state index contributed by atoms with van der Waals surface area (Å²) in [5.74, 6) is -2.14. The Labute approximate surface area is 216 Å². The van der Waals surface area contributed by atoms with E-state index in [4.69, 9.17) is 14.2 Å². The molecule has 0 amide bonds. The fourth-order valence-corrected chi connectivity index (χ4v) is 4.32. The van der Waals surface area contributed by atoms with Gasteiger partial charge in [-0.25, -0.2) is 8.78 Å². The molecule has 0 radical (unpaired) electrons. The van der Waals surface area contributed by atoms with Crippen LogP contribution in [0.5, 0.6) is 5.75 Å². The molecule has 0 aliphatic carbocycles. The van der Waals surface area contributed by atoms with Crippen LogP contribution in [0.1, 0.15) is 51.4 Å². The smallest absolute Gasteiger partial charge is 0.201 e. The lowest BCUT2D eigenvalue weighted by Crippen LogP contribution is -2.27. The summed E-state index contributed by atoms with van der Waals surface area (Å²) in [6.07, 6.45) is 7.04. The van der Waals surface area contributed by atoms with Gasteiger partial charge in [-0.3, -0.25) is 0 Å². The van der Waals surface area contributed by atoms with Crippen LogP contribution in [0.4, 0.5) is 13.2 Å². The van der Waals surface area contributed by atoms with Crippen LogP contribution in [0, 0.1) is 23.4 Å². The Hall–Kier alpha value is -3.09. The fourth-order valence-electron chi connectivity index (χ4n) is 4.32. The van der Waals surface area contributed by atoms with E-state index >= 15 is 0 Å². The minimum atomic E-state index is -0.994. The summed E-state index contributed by atoms with van der Waals surface area (Å²) in [4.78, 5) is 0. The van der Waals surface area contributed by atoms with E-state index < -0.39 is 23.7 Å². The topological polar surface area (TPSA) is 27.7 Å². The molecule has 0 aromatic heterocycles. The molecule has 0 spiro atoms. The Morgan fingerprint density at radius 3 is 2.27 bits per heavy atom. The third-order valence-corrected chi connectivity index (χ3v) is 6.53. The van der Waals surface area contributed by atoms with Crippen LogP contribution in [0.2, 0.25) is 0 Å². The first kappa shape index (κ1) is 27.0. The molecular weight excluding hydrogens is 477 g/mol. The van der Waals surface area contributed by atoms with Crippen LogP contribution in [0.3, 0.4) is 0 Å². The molecule has 3 nitrogen and oxygen atoms in total. The summed E-state index contributed by atoms with van der Waals surface area (Å²) in [6, 6.07) is 14.8. The van der Waals surface area contributed by atoms with Gasteiger partial charge in [0.2, 0.25) is 5.82 Å². The minimum absolute atomic E-state index is 0.0861. The van der Waals surface area contributed by atoms with Crippen molar-refractivity contribution in [3.8, 4) is 28.0 Å². The number of hydrogen-bond acceptors (Lipinski definition) is 3. The molecule has 0 N–H and O–H groups in total. The van der Waals surface area contributed by atoms with Gasteiger partial charge in [0.05, 0.1) is 19.8 Å². The second-order valence-corrected chi connectivity index (χ2v) is 9.27. The van der Waals surface area contributed by atoms with Crippen LogP contribution in [-0.4, -0.2) is 19.8 Å². The van der Waals surface area contributed by atoms with Crippen molar-refractivity contribution in [2.24, 2.45) is 5.92 Å². The maximum Gasteiger partial charge on any atom is 0.201 e. The molecule has 4 rings (SSSR count). The molecule has 1 heterocycles. The number of rotatable bonds is 10. The summed E-state index contributed by atoms with van der Waals surface area (Å²) in [7, 11) is 0. The highest BCUT2D eigenvalue weighted by molar-refractivity contribution is 5.71. The van der Waals surface area contributed by atoms with Crippen molar-refractivity contribution >= 4 is 0 Å². The van der Waals surface area contributed by atoms with Crippen molar-refractivity contribution in [3.05, 3.63) is 89.8 Å². The second kappa shape index (κ2) is 12.9. The molecule has 6 heteroatoms. The number of hydrogen-bond donors (Lipinski definition) is 0. The van der Waals surface area contributed by atoms with Crippen molar-refractivity contribution in [1.82, 2.24) is 0 Å². The summed E-state index contributed by atoms with van der Waals surface area (Å²) < 4.78 is 61.1. The average Bonchev–Trinajstić information content (AvgIpc) is 2.92. The first-order valence-electron chi connectivity index (χ1n) is 12.9. The maximum atomic E-state index is 15.0. The van der Waals surface area contributed by atoms with Crippen LogP contribution < -0.4 is 4.74 Å². The van der Waals surface area contributed by atoms with E-state index in [1.165, 1.54) is 18.2 Å². The van der Waals surface area contributed by atoms with Gasteiger partial charge in [0.25, 0.3) is 0 Å². The van der Waals surface area contributed by atoms with Crippen molar-refractivity contribution in [3.63, 3.8) is 0 Å². The predicted molar refractivity (Wildman–Crippen MR) is 140 cm³/mol. The average molecular weight is 511 g/mol. The molecule has 1 fully saturated rings. The van der Waals surface area contributed by atoms with E-state index in [0.717, 1.165) is 31.2 Å². The van der Waals surface area contributed by atoms with Crippen molar-refractivity contribution in [1.29, 1.82) is 0 Å². The van der Waals surface area contributed by atoms with Gasteiger partial charge in [-0.05, 0) is 61.1 Å². The molecular formula is C31H33F3O3. The zero-order valence-electron chi connectivity index (χ0n) is 21.3. The van der Waals surface area contributed by atoms with Crippen molar-refractivity contribution in [2.45, 2.75) is 45.8 Å². The van der Waals surface area contributed by atoms with Crippen molar-refractivity contribution in [2.75, 3.05) is 19.8 Å². The number of benzene rings is 3. The van der Waals surface area contributed by atoms with Crippen LogP contribution in [0.25, 0.3) is 22.3 Å². The molecule has 1 saturated heterocycles. The predicted octanol–water partition coefficient (Wildman–Crippen LogP) is 8.63. The van der Waals surface area contributed by atoms with E-state index in [0.29, 0.717) is 42.4 Å². The van der Waals surface area contributed by atoms with Gasteiger partial charge in [-0.15, -0.1) is 0 Å². The Kier molecular flexibility index (Phi) is 9.42. The second-order valence-electron chi connectivity index (χ2n) is 9.27. The van der Waals surface area contributed by atoms with Gasteiger partial charge >= 0.3 is 0 Å². The van der Waals surface area contributed by atoms with Gasteiger partial charge in [0.15, 0.2) is 17.9 Å². The Morgan fingerprint density at radius 1 is 0.892 bits per heavy atom. The van der Waals surface area contributed by atoms with E-state index in [9.17, 15) is 13.2 Å². The maximum absolute atomic E-state index is 15.0. The highest BCUT2D eigenvalue weighted by Crippen LogP contribution is 2.34. The van der Waals surface area contributed by atoms with Crippen LogP contribution >= 0.6 is 0 Å². The van der Waals surface area contributed by atoms with E-state index in [1.807, 2.05) is 19.9 Å². The minimum Gasteiger partial charge on any atom is -0.490 e. The quantitative estimate of drug-likeness (QED) is 0.202. The molecule has 0 unspecified atom stereocenters. The molecule has 1 aliphatic rings. The summed E-state index contributed by atoms with van der Waals surface area (Å²) in [5.41, 5.74) is 2.45. The fraction of sp³-hybridized carbons (Fsp3) is 0.355. The lowest BCUT2D eigenvalue weighted by atomic mass is 9.98. The molecule has 196 valence electrons. The highest BCUT2D eigenvalue weighted by atomic mass is 19.2. The van der Waals surface area contributed by atoms with Crippen LogP contribution in [0.15, 0.2) is 66.7 Å². The van der Waals surface area contributed by atoms with Gasteiger partial charge in [0, 0.05) is 17.0 Å². The zero-order valence-corrected chi connectivity index (χ0v) is 21.3. The third kappa shape index (κ3) is 6.62. The largest absolute Gasteiger partial charge is 0.490 e. The Balaban J connectivity index is 1.43. The normalized spacial score (nSPS) is 17.9. The van der Waals surface area contributed by atoms with Gasteiger partial charge < -0.3 is 14.2 Å². The summed E-state index contributed by atoms with van der Waals surface area (Å²) >= 11 is 0. The van der Waals surface area contributed by atoms with E-state index in [-0.39, 0.29) is 11.3 Å². The highest BCUT2D eigenvalue weighted by Gasteiger charge is 2.25. The third-order valence-electron chi connectivity index (χ3n) is 6.53. The van der Waals surface area contributed by atoms with Gasteiger partial charge in [-0.1, -0.05) is 61.9 Å². The Bertz CT molecular complexity index is 1200. The lowest BCUT2D eigenvalue weighted by Gasteiger charge is -2.29. The molecule has 1 aliphatic heterocycles. The van der Waals surface area contributed by atoms with E-state index in [1.54, 1.807) is 36.4 Å². The first-order valence-corrected chi connectivity index (χ1v) is 12.9. The molecule has 3 aromatic carbocycles. The van der Waals surface area contributed by atoms with Gasteiger partial charge in [0.1, 0.15) is 5.82 Å². The SMILES string of the molecule is C/C=C/CCC1COC(c2ccc(-c3ccc(-c4ccc(OCCCC)c(F)c4F)cc3)cc2F)OC1. The monoisotopic (exact) mass is 510 g/mol. The Morgan fingerprint density at radius 2 is 1.59 bits per heavy atom. The zero-order chi connectivity index (χ0) is 26.2. The summed E-state index contributed by atoms with van der Waals surface area (Å²) in [5, 5.41) is 0. The molecule has 0 bridgehead atoms. The number of allylic oxidation sites excluding steroid dienone is 2. The molecule has 37 heavy (non-hydrogen) atoms. The summed E-state index contributed by atoms with van der Waals surface area (Å²) in [6.45, 7) is 5.40. The number of unbranched alkanes of at least 4 members (excludes halogenated alkanes) is 1. The standard InChI is InChI=1S/C31H33F3O3/c1-3-5-7-8-21-19-36-31(37-20-21)26-14-13-24(18-27(26)32)22-9-11-23(12-10-22)25-15-16-28(30(34)29(25)33)35-17-6-4-2/h3,5,9-16,18,21,31H,4,6-8,17,19-20H2,1-2H3/b5-3+. The number of halogens is 3. The molecule has 0 saturated carbocycles. The first-order chi connectivity index (χ1) is 18.0. The van der Waals surface area contributed by atoms with E-state index in [2.05, 4.69) is 6.08 Å². The van der Waals surface area contributed by atoms with Crippen LogP contribution in [-0.2, 0) is 9.47 Å². The van der Waals surface area contributed by atoms with Gasteiger partial charge in [-0.2, -0.15) is 4.39 Å². The van der Waals surface area contributed by atoms with Crippen molar-refractivity contribution < 1.29 is 27.4 Å². The molecule has 3 aromatic rings. The number of ether oxygens (including phenoxy) is 3. The lowest BCUT2D eigenvalue weighted by molar-refractivity contribution is -0.207.